The highest BCUT2D eigenvalue weighted by Crippen LogP contribution is 2.19. The summed E-state index contributed by atoms with van der Waals surface area (Å²) < 4.78 is 11.1. The topological polar surface area (TPSA) is 38.8 Å². The van der Waals surface area contributed by atoms with Crippen LogP contribution in [0.1, 0.15) is 39.2 Å². The van der Waals surface area contributed by atoms with Crippen molar-refractivity contribution < 1.29 is 14.3 Å². The van der Waals surface area contributed by atoms with E-state index in [9.17, 15) is 4.79 Å². The zero-order valence-corrected chi connectivity index (χ0v) is 13.3. The molecule has 1 amide bonds. The molecule has 2 atom stereocenters. The first-order valence-electron chi connectivity index (χ1n) is 7.61. The molecule has 2 unspecified atom stereocenters. The smallest absolute Gasteiger partial charge is 0.260 e. The SMILES string of the molecule is CC1CN(C(=O)COc2ccc(C(C)C)cc2)C(C)CO1. The number of amides is 1. The molecule has 1 fully saturated rings. The number of morpholine rings is 1. The summed E-state index contributed by atoms with van der Waals surface area (Å²) in [6, 6.07) is 8.05. The highest BCUT2D eigenvalue weighted by Gasteiger charge is 2.27. The molecular formula is C17H25NO3. The Morgan fingerprint density at radius 3 is 2.62 bits per heavy atom. The lowest BCUT2D eigenvalue weighted by molar-refractivity contribution is -0.145. The first kappa shape index (κ1) is 15.8. The molecule has 0 N–H and O–H groups in total. The number of nitrogens with zero attached hydrogens (tertiary/aromatic N) is 1. The highest BCUT2D eigenvalue weighted by molar-refractivity contribution is 5.78. The summed E-state index contributed by atoms with van der Waals surface area (Å²) in [6.45, 7) is 9.60. The Hall–Kier alpha value is -1.55. The predicted octanol–water partition coefficient (Wildman–Crippen LogP) is 2.82. The molecule has 4 nitrogen and oxygen atoms in total. The number of ether oxygens (including phenoxy) is 2. The molecule has 0 aliphatic carbocycles. The lowest BCUT2D eigenvalue weighted by Gasteiger charge is -2.36. The van der Waals surface area contributed by atoms with Crippen LogP contribution < -0.4 is 4.74 Å². The number of carbonyl (C=O) groups excluding carboxylic acids is 1. The van der Waals surface area contributed by atoms with Gasteiger partial charge in [0.15, 0.2) is 6.61 Å². The Balaban J connectivity index is 1.88. The van der Waals surface area contributed by atoms with Crippen LogP contribution in [0.2, 0.25) is 0 Å². The molecule has 0 bridgehead atoms. The molecular weight excluding hydrogens is 266 g/mol. The summed E-state index contributed by atoms with van der Waals surface area (Å²) in [5.74, 6) is 1.25. The molecule has 1 heterocycles. The fourth-order valence-electron chi connectivity index (χ4n) is 2.43. The van der Waals surface area contributed by atoms with Gasteiger partial charge in [0, 0.05) is 6.54 Å². The minimum absolute atomic E-state index is 0.0191. The van der Waals surface area contributed by atoms with E-state index in [-0.39, 0.29) is 24.7 Å². The summed E-state index contributed by atoms with van der Waals surface area (Å²) >= 11 is 0. The van der Waals surface area contributed by atoms with Crippen LogP contribution in [0.3, 0.4) is 0 Å². The van der Waals surface area contributed by atoms with E-state index >= 15 is 0 Å². The normalized spacial score (nSPS) is 22.4. The molecule has 116 valence electrons. The third-order valence-corrected chi connectivity index (χ3v) is 3.84. The monoisotopic (exact) mass is 291 g/mol. The Kier molecular flexibility index (Phi) is 5.23. The van der Waals surface area contributed by atoms with Crippen molar-refractivity contribution in [2.45, 2.75) is 45.8 Å². The van der Waals surface area contributed by atoms with Crippen molar-refractivity contribution in [1.29, 1.82) is 0 Å². The molecule has 0 spiro atoms. The van der Waals surface area contributed by atoms with Crippen LogP contribution in [0.15, 0.2) is 24.3 Å². The average Bonchev–Trinajstić information content (AvgIpc) is 2.47. The van der Waals surface area contributed by atoms with Crippen molar-refractivity contribution in [2.75, 3.05) is 19.8 Å². The largest absolute Gasteiger partial charge is 0.484 e. The third kappa shape index (κ3) is 4.21. The maximum atomic E-state index is 12.2. The van der Waals surface area contributed by atoms with E-state index < -0.39 is 0 Å². The van der Waals surface area contributed by atoms with Crippen LogP contribution in [0.5, 0.6) is 5.75 Å². The minimum Gasteiger partial charge on any atom is -0.484 e. The number of hydrogen-bond donors (Lipinski definition) is 0. The van der Waals surface area contributed by atoms with Crippen LogP contribution in [0, 0.1) is 0 Å². The fraction of sp³-hybridized carbons (Fsp3) is 0.588. The predicted molar refractivity (Wildman–Crippen MR) is 82.6 cm³/mol. The van der Waals surface area contributed by atoms with Crippen LogP contribution in [0.4, 0.5) is 0 Å². The van der Waals surface area contributed by atoms with E-state index in [0.717, 1.165) is 5.75 Å². The third-order valence-electron chi connectivity index (χ3n) is 3.84. The van der Waals surface area contributed by atoms with Gasteiger partial charge in [0.1, 0.15) is 5.75 Å². The van der Waals surface area contributed by atoms with Crippen LogP contribution in [0.25, 0.3) is 0 Å². The van der Waals surface area contributed by atoms with Crippen molar-refractivity contribution in [3.63, 3.8) is 0 Å². The van der Waals surface area contributed by atoms with Crippen molar-refractivity contribution in [3.05, 3.63) is 29.8 Å². The van der Waals surface area contributed by atoms with Crippen LogP contribution in [-0.4, -0.2) is 42.7 Å². The van der Waals surface area contributed by atoms with E-state index in [1.807, 2.05) is 43.0 Å². The average molecular weight is 291 g/mol. The van der Waals surface area contributed by atoms with E-state index in [4.69, 9.17) is 9.47 Å². The Bertz CT molecular complexity index is 469. The molecule has 4 heteroatoms. The molecule has 1 saturated heterocycles. The Morgan fingerprint density at radius 2 is 2.00 bits per heavy atom. The van der Waals surface area contributed by atoms with Crippen molar-refractivity contribution >= 4 is 5.91 Å². The molecule has 1 aliphatic rings. The summed E-state index contributed by atoms with van der Waals surface area (Å²) in [5.41, 5.74) is 1.27. The van der Waals surface area contributed by atoms with Crippen molar-refractivity contribution in [1.82, 2.24) is 4.90 Å². The molecule has 0 radical (unpaired) electrons. The van der Waals surface area contributed by atoms with Gasteiger partial charge in [-0.05, 0) is 37.5 Å². The van der Waals surface area contributed by atoms with E-state index in [2.05, 4.69) is 13.8 Å². The summed E-state index contributed by atoms with van der Waals surface area (Å²) in [7, 11) is 0. The van der Waals surface area contributed by atoms with Gasteiger partial charge in [0.2, 0.25) is 0 Å². The second-order valence-electron chi connectivity index (χ2n) is 6.05. The van der Waals surface area contributed by atoms with Gasteiger partial charge in [-0.15, -0.1) is 0 Å². The number of hydrogen-bond acceptors (Lipinski definition) is 3. The van der Waals surface area contributed by atoms with Crippen LogP contribution >= 0.6 is 0 Å². The van der Waals surface area contributed by atoms with Gasteiger partial charge < -0.3 is 14.4 Å². The maximum Gasteiger partial charge on any atom is 0.260 e. The van der Waals surface area contributed by atoms with Crippen LogP contribution in [-0.2, 0) is 9.53 Å². The maximum absolute atomic E-state index is 12.2. The van der Waals surface area contributed by atoms with Gasteiger partial charge in [-0.3, -0.25) is 4.79 Å². The molecule has 1 aliphatic heterocycles. The lowest BCUT2D eigenvalue weighted by atomic mass is 10.0. The Morgan fingerprint density at radius 1 is 1.33 bits per heavy atom. The summed E-state index contributed by atoms with van der Waals surface area (Å²) in [6.07, 6.45) is 0.0930. The molecule has 1 aromatic rings. The Labute approximate surface area is 127 Å². The first-order valence-corrected chi connectivity index (χ1v) is 7.61. The van der Waals surface area contributed by atoms with Crippen molar-refractivity contribution in [3.8, 4) is 5.75 Å². The molecule has 2 rings (SSSR count). The molecule has 1 aromatic carbocycles. The van der Waals surface area contributed by atoms with Gasteiger partial charge in [-0.2, -0.15) is 0 Å². The second kappa shape index (κ2) is 6.94. The number of carbonyl (C=O) groups is 1. The van der Waals surface area contributed by atoms with Gasteiger partial charge in [-0.25, -0.2) is 0 Å². The zero-order valence-electron chi connectivity index (χ0n) is 13.3. The van der Waals surface area contributed by atoms with E-state index in [1.165, 1.54) is 5.56 Å². The summed E-state index contributed by atoms with van der Waals surface area (Å²) in [4.78, 5) is 14.1. The number of benzene rings is 1. The highest BCUT2D eigenvalue weighted by atomic mass is 16.5. The van der Waals surface area contributed by atoms with Gasteiger partial charge in [0.05, 0.1) is 18.8 Å². The van der Waals surface area contributed by atoms with E-state index in [1.54, 1.807) is 0 Å². The first-order chi connectivity index (χ1) is 9.97. The van der Waals surface area contributed by atoms with Crippen molar-refractivity contribution in [2.24, 2.45) is 0 Å². The minimum atomic E-state index is 0.0191. The summed E-state index contributed by atoms with van der Waals surface area (Å²) in [5, 5.41) is 0. The second-order valence-corrected chi connectivity index (χ2v) is 6.05. The molecule has 0 saturated carbocycles. The quantitative estimate of drug-likeness (QED) is 0.856. The number of rotatable bonds is 4. The standard InChI is InChI=1S/C17H25NO3/c1-12(2)15-5-7-16(8-6-15)21-11-17(19)18-9-14(4)20-10-13(18)3/h5-8,12-14H,9-11H2,1-4H3. The zero-order chi connectivity index (χ0) is 15.4. The lowest BCUT2D eigenvalue weighted by Crippen LogP contribution is -2.51. The molecule has 21 heavy (non-hydrogen) atoms. The molecule has 0 aromatic heterocycles. The van der Waals surface area contributed by atoms with Gasteiger partial charge in [0.25, 0.3) is 5.91 Å². The fourth-order valence-corrected chi connectivity index (χ4v) is 2.43. The van der Waals surface area contributed by atoms with Gasteiger partial charge in [-0.1, -0.05) is 26.0 Å². The van der Waals surface area contributed by atoms with E-state index in [0.29, 0.717) is 19.1 Å². The van der Waals surface area contributed by atoms with Gasteiger partial charge >= 0.3 is 0 Å².